The first kappa shape index (κ1) is 21.9. The Bertz CT molecular complexity index is 1070. The van der Waals surface area contributed by atoms with Gasteiger partial charge in [-0.05, 0) is 54.7 Å². The Morgan fingerprint density at radius 3 is 2.73 bits per heavy atom. The van der Waals surface area contributed by atoms with E-state index in [4.69, 9.17) is 9.72 Å². The van der Waals surface area contributed by atoms with Crippen molar-refractivity contribution >= 4 is 17.4 Å². The molecule has 7 nitrogen and oxygen atoms in total. The standard InChI is InChI=1S/C26H31N5O2/c1-17-25(29-24-5-3-4-21(28-24)16-30-10-12-33-13-11-30)22-14-19(15-27)6-9-23(22)31(18(2)32)26(17)20-7-8-20/h3-6,9,14,17,20,25-26H,7-8,10-13,16H2,1-2H3,(H,28,29)/t17-,25-,26-/m1/s1. The second-order valence-electron chi connectivity index (χ2n) is 9.49. The minimum atomic E-state index is -0.0272. The summed E-state index contributed by atoms with van der Waals surface area (Å²) in [5.74, 6) is 1.61. The molecule has 5 rings (SSSR count). The topological polar surface area (TPSA) is 81.5 Å². The number of hydrogen-bond acceptors (Lipinski definition) is 6. The molecule has 1 N–H and O–H groups in total. The number of ether oxygens (including phenoxy) is 1. The van der Waals surface area contributed by atoms with Crippen molar-refractivity contribution in [3.63, 3.8) is 0 Å². The molecule has 1 aliphatic carbocycles. The number of nitrogens with zero attached hydrogens (tertiary/aromatic N) is 4. The van der Waals surface area contributed by atoms with Crippen molar-refractivity contribution in [3.05, 3.63) is 53.2 Å². The van der Waals surface area contributed by atoms with Gasteiger partial charge >= 0.3 is 0 Å². The van der Waals surface area contributed by atoms with Crippen molar-refractivity contribution in [2.75, 3.05) is 36.5 Å². The molecule has 1 aromatic carbocycles. The van der Waals surface area contributed by atoms with Gasteiger partial charge in [0.25, 0.3) is 0 Å². The zero-order chi connectivity index (χ0) is 22.9. The number of fused-ring (bicyclic) bond motifs is 1. The quantitative estimate of drug-likeness (QED) is 0.756. The number of aromatic nitrogens is 1. The van der Waals surface area contributed by atoms with Gasteiger partial charge in [-0.15, -0.1) is 0 Å². The van der Waals surface area contributed by atoms with Crippen molar-refractivity contribution in [3.8, 4) is 6.07 Å². The van der Waals surface area contributed by atoms with Crippen LogP contribution in [-0.4, -0.2) is 48.1 Å². The summed E-state index contributed by atoms with van der Waals surface area (Å²) in [5.41, 5.74) is 3.54. The Morgan fingerprint density at radius 1 is 1.24 bits per heavy atom. The first-order valence-electron chi connectivity index (χ1n) is 11.9. The molecule has 0 bridgehead atoms. The minimum Gasteiger partial charge on any atom is -0.379 e. The van der Waals surface area contributed by atoms with Gasteiger partial charge in [-0.25, -0.2) is 4.98 Å². The van der Waals surface area contributed by atoms with Gasteiger partial charge < -0.3 is 15.0 Å². The van der Waals surface area contributed by atoms with Crippen molar-refractivity contribution in [1.29, 1.82) is 5.26 Å². The summed E-state index contributed by atoms with van der Waals surface area (Å²) in [4.78, 5) is 22.0. The molecule has 3 heterocycles. The molecule has 1 aromatic heterocycles. The lowest BCUT2D eigenvalue weighted by Crippen LogP contribution is -2.51. The summed E-state index contributed by atoms with van der Waals surface area (Å²) in [6, 6.07) is 14.2. The average molecular weight is 446 g/mol. The van der Waals surface area contributed by atoms with E-state index < -0.39 is 0 Å². The monoisotopic (exact) mass is 445 g/mol. The molecular weight excluding hydrogens is 414 g/mol. The second-order valence-corrected chi connectivity index (χ2v) is 9.49. The number of pyridine rings is 1. The number of hydrogen-bond donors (Lipinski definition) is 1. The fourth-order valence-corrected chi connectivity index (χ4v) is 5.43. The van der Waals surface area contributed by atoms with Crippen LogP contribution in [0.15, 0.2) is 36.4 Å². The molecule has 0 unspecified atom stereocenters. The molecule has 3 aliphatic rings. The summed E-state index contributed by atoms with van der Waals surface area (Å²) >= 11 is 0. The van der Waals surface area contributed by atoms with Crippen LogP contribution < -0.4 is 10.2 Å². The van der Waals surface area contributed by atoms with Crippen molar-refractivity contribution in [2.24, 2.45) is 11.8 Å². The van der Waals surface area contributed by atoms with Gasteiger partial charge in [-0.1, -0.05) is 13.0 Å². The van der Waals surface area contributed by atoms with Crippen molar-refractivity contribution in [1.82, 2.24) is 9.88 Å². The zero-order valence-electron chi connectivity index (χ0n) is 19.3. The molecule has 1 saturated heterocycles. The normalized spacial score (nSPS) is 25.2. The summed E-state index contributed by atoms with van der Waals surface area (Å²) in [5, 5.41) is 13.2. The number of nitriles is 1. The average Bonchev–Trinajstić information content (AvgIpc) is 3.66. The smallest absolute Gasteiger partial charge is 0.224 e. The third-order valence-electron chi connectivity index (χ3n) is 7.16. The number of anilines is 2. The lowest BCUT2D eigenvalue weighted by atomic mass is 9.79. The lowest BCUT2D eigenvalue weighted by Gasteiger charge is -2.46. The SMILES string of the molecule is CC(=O)N1c2ccc(C#N)cc2[C@H](Nc2cccc(CN3CCOCC3)n2)[C@@H](C)[C@@H]1C1CC1. The van der Waals surface area contributed by atoms with E-state index in [0.717, 1.165) is 68.5 Å². The predicted octanol–water partition coefficient (Wildman–Crippen LogP) is 3.72. The summed E-state index contributed by atoms with van der Waals surface area (Å²) in [6.45, 7) is 8.05. The predicted molar refractivity (Wildman–Crippen MR) is 127 cm³/mol. The summed E-state index contributed by atoms with van der Waals surface area (Å²) in [7, 11) is 0. The molecule has 7 heteroatoms. The zero-order valence-corrected chi connectivity index (χ0v) is 19.3. The van der Waals surface area contributed by atoms with Crippen LogP contribution in [0.25, 0.3) is 0 Å². The van der Waals surface area contributed by atoms with Crippen LogP contribution in [0.3, 0.4) is 0 Å². The molecule has 1 saturated carbocycles. The van der Waals surface area contributed by atoms with Crippen LogP contribution in [0, 0.1) is 23.2 Å². The van der Waals surface area contributed by atoms with Crippen LogP contribution in [0.5, 0.6) is 0 Å². The van der Waals surface area contributed by atoms with E-state index >= 15 is 0 Å². The number of rotatable bonds is 5. The first-order valence-corrected chi connectivity index (χ1v) is 11.9. The van der Waals surface area contributed by atoms with E-state index in [9.17, 15) is 10.1 Å². The summed E-state index contributed by atoms with van der Waals surface area (Å²) in [6.07, 6.45) is 2.31. The number of carbonyl (C=O) groups is 1. The van der Waals surface area contributed by atoms with Gasteiger partial charge in [0, 0.05) is 44.2 Å². The number of benzene rings is 1. The van der Waals surface area contributed by atoms with Gasteiger partial charge in [0.15, 0.2) is 0 Å². The molecule has 33 heavy (non-hydrogen) atoms. The van der Waals surface area contributed by atoms with E-state index in [1.54, 1.807) is 6.92 Å². The highest BCUT2D eigenvalue weighted by atomic mass is 16.5. The van der Waals surface area contributed by atoms with Crippen LogP contribution in [-0.2, 0) is 16.1 Å². The van der Waals surface area contributed by atoms with Crippen LogP contribution in [0.1, 0.15) is 49.6 Å². The van der Waals surface area contributed by atoms with Gasteiger partial charge in [0.2, 0.25) is 5.91 Å². The highest BCUT2D eigenvalue weighted by Crippen LogP contribution is 2.50. The maximum Gasteiger partial charge on any atom is 0.224 e. The summed E-state index contributed by atoms with van der Waals surface area (Å²) < 4.78 is 5.46. The van der Waals surface area contributed by atoms with Crippen molar-refractivity contribution < 1.29 is 9.53 Å². The van der Waals surface area contributed by atoms with E-state index in [2.05, 4.69) is 29.3 Å². The van der Waals surface area contributed by atoms with Crippen LogP contribution in [0.4, 0.5) is 11.5 Å². The maximum absolute atomic E-state index is 12.7. The maximum atomic E-state index is 12.7. The van der Waals surface area contributed by atoms with Gasteiger partial charge in [0.05, 0.1) is 36.6 Å². The van der Waals surface area contributed by atoms with E-state index in [1.165, 1.54) is 0 Å². The van der Waals surface area contributed by atoms with Gasteiger partial charge in [-0.2, -0.15) is 5.26 Å². The number of carbonyl (C=O) groups excluding carboxylic acids is 1. The van der Waals surface area contributed by atoms with Crippen molar-refractivity contribution in [2.45, 2.75) is 45.3 Å². The first-order chi connectivity index (χ1) is 16.0. The van der Waals surface area contributed by atoms with Gasteiger partial charge in [-0.3, -0.25) is 9.69 Å². The molecule has 172 valence electrons. The Kier molecular flexibility index (Phi) is 6.05. The molecule has 2 fully saturated rings. The van der Waals surface area contributed by atoms with E-state index in [0.29, 0.717) is 11.5 Å². The van der Waals surface area contributed by atoms with E-state index in [-0.39, 0.29) is 23.9 Å². The number of morpholine rings is 1. The molecule has 0 radical (unpaired) electrons. The largest absolute Gasteiger partial charge is 0.379 e. The highest BCUT2D eigenvalue weighted by Gasteiger charge is 2.47. The Morgan fingerprint density at radius 2 is 2.03 bits per heavy atom. The third-order valence-corrected chi connectivity index (χ3v) is 7.16. The number of amides is 1. The molecule has 1 amide bonds. The molecule has 2 aliphatic heterocycles. The van der Waals surface area contributed by atoms with E-state index in [1.807, 2.05) is 35.2 Å². The fourth-order valence-electron chi connectivity index (χ4n) is 5.43. The number of nitrogens with one attached hydrogen (secondary N) is 1. The molecular formula is C26H31N5O2. The fraction of sp³-hybridized carbons (Fsp3) is 0.500. The second kappa shape index (κ2) is 9.12. The Balaban J connectivity index is 1.47. The highest BCUT2D eigenvalue weighted by molar-refractivity contribution is 5.94. The van der Waals surface area contributed by atoms with Crippen LogP contribution >= 0.6 is 0 Å². The van der Waals surface area contributed by atoms with Gasteiger partial charge in [0.1, 0.15) is 5.82 Å². The molecule has 2 aromatic rings. The third kappa shape index (κ3) is 4.46. The lowest BCUT2D eigenvalue weighted by molar-refractivity contribution is -0.117. The Hall–Kier alpha value is -2.95. The van der Waals surface area contributed by atoms with Crippen LogP contribution in [0.2, 0.25) is 0 Å². The Labute approximate surface area is 195 Å². The minimum absolute atomic E-state index is 0.0272. The molecule has 3 atom stereocenters. The molecule has 0 spiro atoms.